The molecule has 0 saturated heterocycles. The van der Waals surface area contributed by atoms with Crippen LogP contribution >= 0.6 is 0 Å². The van der Waals surface area contributed by atoms with Crippen LogP contribution in [-0.4, -0.2) is 62.7 Å². The summed E-state index contributed by atoms with van der Waals surface area (Å²) in [5.74, 6) is 0.768. The molecule has 0 radical (unpaired) electrons. The van der Waals surface area contributed by atoms with Gasteiger partial charge in [0.05, 0.1) is 35.8 Å². The molecule has 0 unspecified atom stereocenters. The van der Waals surface area contributed by atoms with E-state index in [1.807, 2.05) is 18.2 Å². The number of fused-ring (bicyclic) bond motifs is 2. The Morgan fingerprint density at radius 1 is 1.14 bits per heavy atom. The van der Waals surface area contributed by atoms with E-state index in [1.54, 1.807) is 29.1 Å². The Balaban J connectivity index is 1.82. The monoisotopic (exact) mass is 381 g/mol. The van der Waals surface area contributed by atoms with Crippen LogP contribution in [0.4, 0.5) is 5.69 Å². The Morgan fingerprint density at radius 2 is 1.96 bits per heavy atom. The smallest absolute Gasteiger partial charge is 0.260 e. The van der Waals surface area contributed by atoms with Crippen molar-refractivity contribution in [2.24, 2.45) is 4.99 Å². The van der Waals surface area contributed by atoms with Crippen molar-refractivity contribution >= 4 is 28.4 Å². The van der Waals surface area contributed by atoms with Crippen molar-refractivity contribution in [3.8, 4) is 5.88 Å². The topological polar surface area (TPSA) is 128 Å². The molecule has 0 spiro atoms. The van der Waals surface area contributed by atoms with Gasteiger partial charge in [-0.15, -0.1) is 5.10 Å². The fourth-order valence-corrected chi connectivity index (χ4v) is 2.97. The zero-order valence-electron chi connectivity index (χ0n) is 14.9. The maximum atomic E-state index is 9.08. The van der Waals surface area contributed by atoms with Gasteiger partial charge in [0.15, 0.2) is 5.69 Å². The Labute approximate surface area is 160 Å². The number of nitrogens with one attached hydrogen (secondary N) is 2. The van der Waals surface area contributed by atoms with Crippen molar-refractivity contribution in [3.63, 3.8) is 0 Å². The second-order valence-electron chi connectivity index (χ2n) is 5.98. The van der Waals surface area contributed by atoms with Crippen LogP contribution in [0, 0.1) is 5.41 Å². The third-order valence-electron chi connectivity index (χ3n) is 4.18. The van der Waals surface area contributed by atoms with Gasteiger partial charge < -0.3 is 24.7 Å². The number of nitrogens with zero attached hydrogens (tertiary/aromatic N) is 3. The normalized spacial score (nSPS) is 15.0. The van der Waals surface area contributed by atoms with Gasteiger partial charge in [-0.3, -0.25) is 5.41 Å². The van der Waals surface area contributed by atoms with E-state index in [4.69, 9.17) is 25.1 Å². The Bertz CT molecular complexity index is 1080. The van der Waals surface area contributed by atoms with Gasteiger partial charge in [-0.05, 0) is 18.2 Å². The number of rotatable bonds is 7. The molecule has 3 aromatic rings. The molecule has 28 heavy (non-hydrogen) atoms. The maximum Gasteiger partial charge on any atom is 0.260 e. The van der Waals surface area contributed by atoms with Gasteiger partial charge in [-0.1, -0.05) is 6.07 Å². The van der Waals surface area contributed by atoms with Crippen molar-refractivity contribution < 1.29 is 19.7 Å². The number of pyridine rings is 1. The second-order valence-corrected chi connectivity index (χ2v) is 5.98. The lowest BCUT2D eigenvalue weighted by Crippen LogP contribution is -2.19. The summed E-state index contributed by atoms with van der Waals surface area (Å²) >= 11 is 0. The summed E-state index contributed by atoms with van der Waals surface area (Å²) in [5.41, 5.74) is 3.12. The molecule has 0 atom stereocenters. The lowest BCUT2D eigenvalue weighted by Gasteiger charge is -2.17. The highest BCUT2D eigenvalue weighted by Gasteiger charge is 2.25. The van der Waals surface area contributed by atoms with E-state index < -0.39 is 0 Å². The average Bonchev–Trinajstić information content (AvgIpc) is 3.33. The molecule has 0 aromatic carbocycles. The van der Waals surface area contributed by atoms with Crippen molar-refractivity contribution in [2.45, 2.75) is 0 Å². The molecule has 0 fully saturated rings. The summed E-state index contributed by atoms with van der Waals surface area (Å²) in [5, 5.41) is 31.0. The van der Waals surface area contributed by atoms with Gasteiger partial charge >= 0.3 is 0 Å². The predicted molar refractivity (Wildman–Crippen MR) is 104 cm³/mol. The standard InChI is InChI=1S/C19H19N5O4/c20-16-12-4-5-21-17(12)15(27-9-7-25)11-13(16)22-18-14-3-1-2-6-24(14)23-19(18)28-10-8-26/h1-6,11,20-21,25-26H,7-10H2/b20-16?,22-13+. The van der Waals surface area contributed by atoms with Gasteiger partial charge in [0.2, 0.25) is 0 Å². The molecule has 144 valence electrons. The molecule has 0 saturated carbocycles. The molecule has 3 heterocycles. The molecule has 1 aliphatic rings. The van der Waals surface area contributed by atoms with Crippen LogP contribution in [0.3, 0.4) is 0 Å². The molecule has 0 amide bonds. The van der Waals surface area contributed by atoms with Crippen molar-refractivity contribution in [1.29, 1.82) is 5.41 Å². The Hall–Kier alpha value is -3.43. The van der Waals surface area contributed by atoms with Crippen LogP contribution in [0.5, 0.6) is 5.88 Å². The zero-order valence-corrected chi connectivity index (χ0v) is 14.9. The van der Waals surface area contributed by atoms with Crippen molar-refractivity contribution in [3.05, 3.63) is 54.0 Å². The highest BCUT2D eigenvalue weighted by atomic mass is 16.5. The van der Waals surface area contributed by atoms with Crippen LogP contribution in [0.2, 0.25) is 0 Å². The van der Waals surface area contributed by atoms with E-state index in [2.05, 4.69) is 15.1 Å². The molecule has 9 nitrogen and oxygen atoms in total. The lowest BCUT2D eigenvalue weighted by atomic mass is 9.98. The number of aliphatic hydroxyl groups is 2. The quantitative estimate of drug-likeness (QED) is 0.493. The number of aromatic nitrogens is 3. The molecular weight excluding hydrogens is 362 g/mol. The number of aliphatic hydroxyl groups excluding tert-OH is 2. The summed E-state index contributed by atoms with van der Waals surface area (Å²) in [4.78, 5) is 7.70. The van der Waals surface area contributed by atoms with Crippen LogP contribution in [0.1, 0.15) is 11.3 Å². The summed E-state index contributed by atoms with van der Waals surface area (Å²) in [6.45, 7) is -0.0513. The number of hydrogen-bond acceptors (Lipinski definition) is 7. The molecule has 9 heteroatoms. The minimum absolute atomic E-state index is 0.0852. The number of hydrogen-bond donors (Lipinski definition) is 4. The molecule has 4 N–H and O–H groups in total. The molecule has 3 aromatic heterocycles. The van der Waals surface area contributed by atoms with E-state index in [0.717, 1.165) is 0 Å². The van der Waals surface area contributed by atoms with E-state index in [9.17, 15) is 0 Å². The third kappa shape index (κ3) is 3.17. The van der Waals surface area contributed by atoms with Crippen LogP contribution < -0.4 is 4.74 Å². The Morgan fingerprint density at radius 3 is 2.79 bits per heavy atom. The summed E-state index contributed by atoms with van der Waals surface area (Å²) in [7, 11) is 0. The first-order valence-corrected chi connectivity index (χ1v) is 8.75. The number of ether oxygens (including phenoxy) is 2. The molecule has 0 bridgehead atoms. The highest BCUT2D eigenvalue weighted by Crippen LogP contribution is 2.34. The summed E-state index contributed by atoms with van der Waals surface area (Å²) in [6, 6.07) is 7.32. The van der Waals surface area contributed by atoms with E-state index in [1.165, 1.54) is 0 Å². The number of aromatic amines is 1. The molecule has 0 aliphatic heterocycles. The predicted octanol–water partition coefficient (Wildman–Crippen LogP) is 1.54. The summed E-state index contributed by atoms with van der Waals surface area (Å²) < 4.78 is 12.8. The number of aliphatic imine (C=N–C) groups is 1. The highest BCUT2D eigenvalue weighted by molar-refractivity contribution is 6.54. The van der Waals surface area contributed by atoms with E-state index in [-0.39, 0.29) is 38.0 Å². The van der Waals surface area contributed by atoms with E-state index in [0.29, 0.717) is 33.9 Å². The minimum atomic E-state index is -0.147. The van der Waals surface area contributed by atoms with Crippen LogP contribution in [0.25, 0.3) is 11.3 Å². The van der Waals surface area contributed by atoms with Gasteiger partial charge in [-0.2, -0.15) is 0 Å². The van der Waals surface area contributed by atoms with Gasteiger partial charge in [0, 0.05) is 24.0 Å². The first-order valence-electron chi connectivity index (χ1n) is 8.75. The SMILES string of the molecule is N=C1/C(=N/c2c(OCCO)nn3ccccc23)C=C(OCCO)c2[nH]ccc21. The van der Waals surface area contributed by atoms with Crippen LogP contribution in [0.15, 0.2) is 47.7 Å². The third-order valence-corrected chi connectivity index (χ3v) is 4.18. The zero-order chi connectivity index (χ0) is 19.5. The minimum Gasteiger partial charge on any atom is -0.489 e. The fourth-order valence-electron chi connectivity index (χ4n) is 2.97. The van der Waals surface area contributed by atoms with Crippen molar-refractivity contribution in [1.82, 2.24) is 14.6 Å². The summed E-state index contributed by atoms with van der Waals surface area (Å²) in [6.07, 6.45) is 5.15. The second kappa shape index (κ2) is 7.67. The van der Waals surface area contributed by atoms with Crippen molar-refractivity contribution in [2.75, 3.05) is 26.4 Å². The van der Waals surface area contributed by atoms with Crippen LogP contribution in [-0.2, 0) is 4.74 Å². The first-order chi connectivity index (χ1) is 13.7. The Kier molecular flexibility index (Phi) is 4.92. The van der Waals surface area contributed by atoms with Gasteiger partial charge in [-0.25, -0.2) is 9.51 Å². The van der Waals surface area contributed by atoms with Gasteiger partial charge in [0.25, 0.3) is 5.88 Å². The number of H-pyrrole nitrogens is 1. The maximum absolute atomic E-state index is 9.08. The molecule has 4 rings (SSSR count). The molecular formula is C19H19N5O4. The molecule has 1 aliphatic carbocycles. The largest absolute Gasteiger partial charge is 0.489 e. The fraction of sp³-hybridized carbons (Fsp3) is 0.211. The first kappa shape index (κ1) is 18.0. The lowest BCUT2D eigenvalue weighted by molar-refractivity contribution is 0.180. The van der Waals surface area contributed by atoms with E-state index >= 15 is 0 Å². The average molecular weight is 381 g/mol. The number of allylic oxidation sites excluding steroid dienone is 1. The van der Waals surface area contributed by atoms with Gasteiger partial charge in [0.1, 0.15) is 19.0 Å².